The number of rotatable bonds is 11. The van der Waals surface area contributed by atoms with Gasteiger partial charge < -0.3 is 31.9 Å². The predicted molar refractivity (Wildman–Crippen MR) is 126 cm³/mol. The average Bonchev–Trinajstić information content (AvgIpc) is 3.10. The first-order valence-electron chi connectivity index (χ1n) is 10.8. The van der Waals surface area contributed by atoms with Crippen LogP contribution in [-0.2, 0) is 13.1 Å². The van der Waals surface area contributed by atoms with Crippen molar-refractivity contribution in [2.24, 2.45) is 5.73 Å². The molecular formula is C22H34N8O2. The van der Waals surface area contributed by atoms with Crippen LogP contribution in [0.4, 0.5) is 11.8 Å². The number of hydrogen-bond acceptors (Lipinski definition) is 9. The summed E-state index contributed by atoms with van der Waals surface area (Å²) in [7, 11) is 1.65. The van der Waals surface area contributed by atoms with Gasteiger partial charge in [-0.05, 0) is 31.9 Å². The van der Waals surface area contributed by atoms with Crippen LogP contribution in [0.1, 0.15) is 44.7 Å². The molecule has 0 bridgehead atoms. The summed E-state index contributed by atoms with van der Waals surface area (Å²) in [4.78, 5) is 8.67. The zero-order valence-corrected chi connectivity index (χ0v) is 19.2. The molecule has 1 atom stereocenters. The van der Waals surface area contributed by atoms with E-state index in [1.165, 1.54) is 0 Å². The summed E-state index contributed by atoms with van der Waals surface area (Å²) in [6.45, 7) is 7.21. The summed E-state index contributed by atoms with van der Waals surface area (Å²) >= 11 is 0. The van der Waals surface area contributed by atoms with Crippen LogP contribution in [0, 0.1) is 0 Å². The molecule has 0 aliphatic heterocycles. The summed E-state index contributed by atoms with van der Waals surface area (Å²) in [6.07, 6.45) is 3.18. The van der Waals surface area contributed by atoms with Crippen LogP contribution in [0.15, 0.2) is 24.4 Å². The van der Waals surface area contributed by atoms with Crippen LogP contribution in [0.25, 0.3) is 11.0 Å². The molecule has 2 aromatic heterocycles. The number of hydrogen-bond donors (Lipinski definition) is 5. The molecule has 0 fully saturated rings. The maximum Gasteiger partial charge on any atom is 0.222 e. The van der Waals surface area contributed by atoms with Crippen molar-refractivity contribution in [1.29, 1.82) is 0 Å². The Morgan fingerprint density at radius 1 is 1.28 bits per heavy atom. The van der Waals surface area contributed by atoms with E-state index in [1.54, 1.807) is 27.2 Å². The molecule has 1 unspecified atom stereocenters. The van der Waals surface area contributed by atoms with Gasteiger partial charge in [0.1, 0.15) is 16.8 Å². The van der Waals surface area contributed by atoms with E-state index < -0.39 is 5.60 Å². The lowest BCUT2D eigenvalue weighted by Gasteiger charge is -2.18. The van der Waals surface area contributed by atoms with Crippen LogP contribution >= 0.6 is 0 Å². The molecule has 174 valence electrons. The third-order valence-corrected chi connectivity index (χ3v) is 4.99. The van der Waals surface area contributed by atoms with Gasteiger partial charge in [-0.15, -0.1) is 0 Å². The number of nitrogen functional groups attached to an aromatic ring is 1. The molecule has 0 aliphatic carbocycles. The highest BCUT2D eigenvalue weighted by atomic mass is 16.5. The van der Waals surface area contributed by atoms with Crippen LogP contribution in [0.5, 0.6) is 5.75 Å². The highest BCUT2D eigenvalue weighted by Gasteiger charge is 2.16. The lowest BCUT2D eigenvalue weighted by atomic mass is 10.1. The Hall–Kier alpha value is -2.95. The highest BCUT2D eigenvalue weighted by Crippen LogP contribution is 2.26. The molecule has 10 heteroatoms. The molecule has 10 nitrogen and oxygen atoms in total. The van der Waals surface area contributed by atoms with Crippen LogP contribution in [0.3, 0.4) is 0 Å². The van der Waals surface area contributed by atoms with Crippen molar-refractivity contribution in [3.05, 3.63) is 35.5 Å². The second kappa shape index (κ2) is 10.1. The van der Waals surface area contributed by atoms with E-state index in [0.29, 0.717) is 31.0 Å². The maximum atomic E-state index is 9.87. The van der Waals surface area contributed by atoms with E-state index in [0.717, 1.165) is 35.2 Å². The number of benzene rings is 1. The Morgan fingerprint density at radius 3 is 2.75 bits per heavy atom. The fourth-order valence-corrected chi connectivity index (χ4v) is 3.50. The van der Waals surface area contributed by atoms with Gasteiger partial charge in [0.05, 0.1) is 31.6 Å². The van der Waals surface area contributed by atoms with Gasteiger partial charge in [-0.25, -0.2) is 4.98 Å². The van der Waals surface area contributed by atoms with E-state index in [-0.39, 0.29) is 12.1 Å². The third-order valence-electron chi connectivity index (χ3n) is 4.99. The largest absolute Gasteiger partial charge is 0.496 e. The lowest BCUT2D eigenvalue weighted by molar-refractivity contribution is 0.0795. The monoisotopic (exact) mass is 442 g/mol. The van der Waals surface area contributed by atoms with Crippen molar-refractivity contribution in [3.63, 3.8) is 0 Å². The van der Waals surface area contributed by atoms with Crippen molar-refractivity contribution in [3.8, 4) is 5.75 Å². The summed E-state index contributed by atoms with van der Waals surface area (Å²) in [5.74, 6) is 1.49. The number of aromatic nitrogens is 4. The van der Waals surface area contributed by atoms with Gasteiger partial charge in [0.15, 0.2) is 5.82 Å². The number of aliphatic hydroxyl groups is 1. The minimum absolute atomic E-state index is 0.170. The van der Waals surface area contributed by atoms with Gasteiger partial charge in [0, 0.05) is 18.7 Å². The minimum atomic E-state index is -0.762. The number of fused-ring (bicyclic) bond motifs is 1. The molecule has 2 heterocycles. The first kappa shape index (κ1) is 23.7. The second-order valence-electron chi connectivity index (χ2n) is 8.57. The number of nitrogens with one attached hydrogen (secondary N) is 2. The Kier molecular flexibility index (Phi) is 7.49. The Labute approximate surface area is 188 Å². The van der Waals surface area contributed by atoms with E-state index in [4.69, 9.17) is 16.2 Å². The van der Waals surface area contributed by atoms with Gasteiger partial charge in [0.25, 0.3) is 0 Å². The zero-order chi connectivity index (χ0) is 23.3. The van der Waals surface area contributed by atoms with E-state index >= 15 is 0 Å². The number of methoxy groups -OCH3 is 1. The molecule has 32 heavy (non-hydrogen) atoms. The molecule has 0 radical (unpaired) electrons. The van der Waals surface area contributed by atoms with E-state index in [2.05, 4.69) is 32.6 Å². The van der Waals surface area contributed by atoms with E-state index in [9.17, 15) is 5.11 Å². The first-order valence-corrected chi connectivity index (χ1v) is 10.8. The van der Waals surface area contributed by atoms with Crippen molar-refractivity contribution in [1.82, 2.24) is 25.1 Å². The molecule has 1 aromatic carbocycles. The molecule has 0 saturated carbocycles. The molecule has 3 rings (SSSR count). The first-order chi connectivity index (χ1) is 15.2. The summed E-state index contributed by atoms with van der Waals surface area (Å²) < 4.78 is 7.45. The van der Waals surface area contributed by atoms with Gasteiger partial charge >= 0.3 is 0 Å². The molecule has 3 aromatic rings. The quantitative estimate of drug-likeness (QED) is 0.280. The molecule has 0 amide bonds. The van der Waals surface area contributed by atoms with Gasteiger partial charge in [-0.2, -0.15) is 10.1 Å². The standard InChI is InChI=1S/C22H34N8O2/c1-5-6-18(23)28-20-19-16(27-21(24)29-20)11-26-30(19)12-15-8-7-14(9-17(15)32-4)10-25-13-22(2,3)31/h7-9,11,18,25,31H,5-6,10,12-13,23H2,1-4H3,(H3,24,27,28,29). The average molecular weight is 443 g/mol. The fourth-order valence-electron chi connectivity index (χ4n) is 3.50. The predicted octanol–water partition coefficient (Wildman–Crippen LogP) is 1.82. The lowest BCUT2D eigenvalue weighted by Crippen LogP contribution is -2.34. The minimum Gasteiger partial charge on any atom is -0.496 e. The molecule has 0 saturated heterocycles. The summed E-state index contributed by atoms with van der Waals surface area (Å²) in [5, 5.41) is 20.9. The molecule has 0 aliphatic rings. The zero-order valence-electron chi connectivity index (χ0n) is 19.2. The van der Waals surface area contributed by atoms with Crippen molar-refractivity contribution < 1.29 is 9.84 Å². The van der Waals surface area contributed by atoms with E-state index in [1.807, 2.05) is 22.9 Å². The van der Waals surface area contributed by atoms with Crippen LogP contribution in [0.2, 0.25) is 0 Å². The SMILES string of the molecule is CCCC(N)Nc1nc(N)nc2cnn(Cc3ccc(CNCC(C)(C)O)cc3OC)c12. The highest BCUT2D eigenvalue weighted by molar-refractivity contribution is 5.86. The van der Waals surface area contributed by atoms with Crippen LogP contribution < -0.4 is 26.8 Å². The normalized spacial score (nSPS) is 12.8. The van der Waals surface area contributed by atoms with Crippen LogP contribution in [-0.4, -0.2) is 50.3 Å². The Morgan fingerprint density at radius 2 is 2.06 bits per heavy atom. The topological polar surface area (TPSA) is 149 Å². The fraction of sp³-hybridized carbons (Fsp3) is 0.500. The summed E-state index contributed by atoms with van der Waals surface area (Å²) in [6, 6.07) is 6.04. The number of ether oxygens (including phenoxy) is 1. The molecule has 0 spiro atoms. The van der Waals surface area contributed by atoms with Gasteiger partial charge in [-0.1, -0.05) is 25.5 Å². The Balaban J connectivity index is 1.85. The molecule has 7 N–H and O–H groups in total. The van der Waals surface area contributed by atoms with Crippen molar-refractivity contribution >= 4 is 22.8 Å². The van der Waals surface area contributed by atoms with Gasteiger partial charge in [0.2, 0.25) is 5.95 Å². The third kappa shape index (κ3) is 6.06. The number of anilines is 2. The number of nitrogens with two attached hydrogens (primary N) is 2. The molecular weight excluding hydrogens is 408 g/mol. The van der Waals surface area contributed by atoms with Crippen molar-refractivity contribution in [2.75, 3.05) is 24.7 Å². The second-order valence-corrected chi connectivity index (χ2v) is 8.57. The van der Waals surface area contributed by atoms with Crippen molar-refractivity contribution in [2.45, 2.75) is 58.5 Å². The summed E-state index contributed by atoms with van der Waals surface area (Å²) in [5.41, 5.74) is 14.7. The Bertz CT molecular complexity index is 1040. The number of nitrogens with zero attached hydrogens (tertiary/aromatic N) is 4. The van der Waals surface area contributed by atoms with Gasteiger partial charge in [-0.3, -0.25) is 4.68 Å². The maximum absolute atomic E-state index is 9.87. The smallest absolute Gasteiger partial charge is 0.222 e.